The van der Waals surface area contributed by atoms with Gasteiger partial charge < -0.3 is 19.4 Å². The van der Waals surface area contributed by atoms with E-state index in [-0.39, 0.29) is 23.4 Å². The van der Waals surface area contributed by atoms with E-state index >= 15 is 0 Å². The van der Waals surface area contributed by atoms with Gasteiger partial charge >= 0.3 is 0 Å². The summed E-state index contributed by atoms with van der Waals surface area (Å²) in [5.74, 6) is -0.0685. The van der Waals surface area contributed by atoms with Crippen LogP contribution in [0.1, 0.15) is 52.2 Å². The van der Waals surface area contributed by atoms with Gasteiger partial charge in [0.25, 0.3) is 11.8 Å². The van der Waals surface area contributed by atoms with E-state index in [0.29, 0.717) is 30.8 Å². The van der Waals surface area contributed by atoms with E-state index in [2.05, 4.69) is 5.32 Å². The van der Waals surface area contributed by atoms with Crippen LogP contribution in [0.5, 0.6) is 5.75 Å². The quantitative estimate of drug-likeness (QED) is 0.315. The Morgan fingerprint density at radius 1 is 1.08 bits per heavy atom. The molecule has 38 heavy (non-hydrogen) atoms. The highest BCUT2D eigenvalue weighted by Crippen LogP contribution is 2.38. The van der Waals surface area contributed by atoms with Crippen LogP contribution in [0.2, 0.25) is 0 Å². The Bertz CT molecular complexity index is 1420. The Hall–Kier alpha value is -4.39. The number of carbonyl (C=O) groups excluding carboxylic acids is 2. The second kappa shape index (κ2) is 10.9. The molecule has 4 aromatic rings. The fourth-order valence-electron chi connectivity index (χ4n) is 4.78. The normalized spacial score (nSPS) is 15.4. The van der Waals surface area contributed by atoms with Gasteiger partial charge in [0.1, 0.15) is 11.6 Å². The van der Waals surface area contributed by atoms with Crippen molar-refractivity contribution < 1.29 is 23.1 Å². The summed E-state index contributed by atoms with van der Waals surface area (Å²) < 4.78 is 25.3. The molecule has 0 fully saturated rings. The van der Waals surface area contributed by atoms with Crippen LogP contribution >= 0.6 is 0 Å². The van der Waals surface area contributed by atoms with Gasteiger partial charge in [0.05, 0.1) is 12.3 Å². The van der Waals surface area contributed by atoms with Gasteiger partial charge in [0, 0.05) is 12.2 Å². The lowest BCUT2D eigenvalue weighted by atomic mass is 9.87. The molecule has 194 valence electrons. The Kier molecular flexibility index (Phi) is 7.26. The zero-order valence-corrected chi connectivity index (χ0v) is 21.3. The van der Waals surface area contributed by atoms with E-state index in [1.54, 1.807) is 29.2 Å². The summed E-state index contributed by atoms with van der Waals surface area (Å²) in [5.41, 5.74) is 4.52. The molecule has 1 aromatic heterocycles. The number of ether oxygens (including phenoxy) is 1. The van der Waals surface area contributed by atoms with E-state index in [4.69, 9.17) is 9.15 Å². The van der Waals surface area contributed by atoms with Crippen molar-refractivity contribution in [2.45, 2.75) is 38.8 Å². The molecule has 2 atom stereocenters. The number of hydrogen-bond acceptors (Lipinski definition) is 4. The molecule has 0 bridgehead atoms. The highest BCUT2D eigenvalue weighted by molar-refractivity contribution is 5.94. The van der Waals surface area contributed by atoms with E-state index in [0.717, 1.165) is 22.3 Å². The summed E-state index contributed by atoms with van der Waals surface area (Å²) in [6.07, 6.45) is 1.88. The topological polar surface area (TPSA) is 71.8 Å². The smallest absolute Gasteiger partial charge is 0.290 e. The lowest BCUT2D eigenvalue weighted by molar-refractivity contribution is -0.122. The van der Waals surface area contributed by atoms with Crippen molar-refractivity contribution in [1.82, 2.24) is 4.90 Å². The van der Waals surface area contributed by atoms with E-state index in [1.165, 1.54) is 18.4 Å². The molecule has 2 unspecified atom stereocenters. The number of halogens is 1. The van der Waals surface area contributed by atoms with Gasteiger partial charge in [-0.1, -0.05) is 42.8 Å². The summed E-state index contributed by atoms with van der Waals surface area (Å²) in [4.78, 5) is 28.1. The lowest BCUT2D eigenvalue weighted by Gasteiger charge is -2.37. The second-order valence-corrected chi connectivity index (χ2v) is 9.41. The third-order valence-corrected chi connectivity index (χ3v) is 6.78. The van der Waals surface area contributed by atoms with Crippen LogP contribution in [-0.4, -0.2) is 29.4 Å². The maximum atomic E-state index is 13.8. The Labute approximate surface area is 221 Å². The van der Waals surface area contributed by atoms with Gasteiger partial charge in [-0.2, -0.15) is 0 Å². The molecule has 7 heteroatoms. The van der Waals surface area contributed by atoms with E-state index in [9.17, 15) is 14.0 Å². The van der Waals surface area contributed by atoms with Gasteiger partial charge in [-0.15, -0.1) is 0 Å². The number of fused-ring (bicyclic) bond motifs is 1. The number of benzene rings is 3. The van der Waals surface area contributed by atoms with Gasteiger partial charge in [-0.25, -0.2) is 4.39 Å². The fraction of sp³-hybridized carbons (Fsp3) is 0.226. The number of hydrogen-bond donors (Lipinski definition) is 1. The van der Waals surface area contributed by atoms with Crippen molar-refractivity contribution in [3.63, 3.8) is 0 Å². The maximum absolute atomic E-state index is 13.8. The molecular formula is C31H29FN2O4. The first-order valence-corrected chi connectivity index (χ1v) is 12.7. The number of aryl methyl sites for hydroxylation is 1. The van der Waals surface area contributed by atoms with Crippen molar-refractivity contribution in [3.8, 4) is 5.75 Å². The first kappa shape index (κ1) is 25.3. The summed E-state index contributed by atoms with van der Waals surface area (Å²) >= 11 is 0. The minimum atomic E-state index is -0.705. The van der Waals surface area contributed by atoms with Crippen LogP contribution in [0.3, 0.4) is 0 Å². The number of furan rings is 1. The summed E-state index contributed by atoms with van der Waals surface area (Å²) in [6.45, 7) is 4.36. The average Bonchev–Trinajstić information content (AvgIpc) is 3.47. The average molecular weight is 513 g/mol. The van der Waals surface area contributed by atoms with Gasteiger partial charge in [0.2, 0.25) is 0 Å². The zero-order valence-electron chi connectivity index (χ0n) is 21.3. The first-order chi connectivity index (χ1) is 18.4. The third-order valence-electron chi connectivity index (χ3n) is 6.78. The molecular weight excluding hydrogens is 483 g/mol. The maximum Gasteiger partial charge on any atom is 0.290 e. The summed E-state index contributed by atoms with van der Waals surface area (Å²) in [6, 6.07) is 22.3. The highest BCUT2D eigenvalue weighted by Gasteiger charge is 2.34. The standard InChI is InChI=1S/C31H29FN2O4/c1-3-27(30(35)33-24-13-6-20(2)7-14-24)38-25-15-10-21-16-17-34(31(36)28-5-4-18-37-28)29(26(21)19-25)22-8-11-23(32)12-9-22/h4-15,18-19,27,29H,3,16-17H2,1-2H3,(H,33,35). The molecule has 6 nitrogen and oxygen atoms in total. The SMILES string of the molecule is CCC(Oc1ccc2c(c1)C(c1ccc(F)cc1)N(C(=O)c1ccco1)CC2)C(=O)Nc1ccc(C)cc1. The zero-order chi connectivity index (χ0) is 26.6. The van der Waals surface area contributed by atoms with Crippen LogP contribution in [0.25, 0.3) is 0 Å². The van der Waals surface area contributed by atoms with Crippen LogP contribution in [0.15, 0.2) is 89.5 Å². The van der Waals surface area contributed by atoms with Gasteiger partial charge in [-0.05, 0) is 85.0 Å². The number of rotatable bonds is 7. The number of amides is 2. The second-order valence-electron chi connectivity index (χ2n) is 9.41. The molecule has 0 saturated heterocycles. The lowest BCUT2D eigenvalue weighted by Crippen LogP contribution is -2.40. The Morgan fingerprint density at radius 2 is 1.84 bits per heavy atom. The van der Waals surface area contributed by atoms with Crippen LogP contribution in [0, 0.1) is 12.7 Å². The Morgan fingerprint density at radius 3 is 2.53 bits per heavy atom. The van der Waals surface area contributed by atoms with Gasteiger partial charge in [0.15, 0.2) is 11.9 Å². The van der Waals surface area contributed by atoms with E-state index in [1.807, 2.05) is 56.3 Å². The summed E-state index contributed by atoms with van der Waals surface area (Å²) in [7, 11) is 0. The third kappa shape index (κ3) is 5.32. The molecule has 0 saturated carbocycles. The number of nitrogens with zero attached hydrogens (tertiary/aromatic N) is 1. The van der Waals surface area contributed by atoms with Crippen molar-refractivity contribution in [1.29, 1.82) is 0 Å². The molecule has 1 N–H and O–H groups in total. The van der Waals surface area contributed by atoms with Gasteiger partial charge in [-0.3, -0.25) is 9.59 Å². The molecule has 0 spiro atoms. The molecule has 2 heterocycles. The van der Waals surface area contributed by atoms with Crippen LogP contribution in [0.4, 0.5) is 10.1 Å². The van der Waals surface area contributed by atoms with Crippen molar-refractivity contribution >= 4 is 17.5 Å². The fourth-order valence-corrected chi connectivity index (χ4v) is 4.78. The molecule has 1 aliphatic heterocycles. The number of nitrogens with one attached hydrogen (secondary N) is 1. The van der Waals surface area contributed by atoms with Crippen molar-refractivity contribution in [2.75, 3.05) is 11.9 Å². The highest BCUT2D eigenvalue weighted by atomic mass is 19.1. The monoisotopic (exact) mass is 512 g/mol. The molecule has 3 aromatic carbocycles. The molecule has 1 aliphatic rings. The first-order valence-electron chi connectivity index (χ1n) is 12.7. The minimum Gasteiger partial charge on any atom is -0.481 e. The van der Waals surface area contributed by atoms with Crippen molar-refractivity contribution in [3.05, 3.63) is 119 Å². The Balaban J connectivity index is 1.45. The number of carbonyl (C=O) groups is 2. The molecule has 0 radical (unpaired) electrons. The predicted molar refractivity (Wildman–Crippen MR) is 143 cm³/mol. The minimum absolute atomic E-state index is 0.237. The summed E-state index contributed by atoms with van der Waals surface area (Å²) in [5, 5.41) is 2.92. The number of anilines is 1. The van der Waals surface area contributed by atoms with Crippen LogP contribution < -0.4 is 10.1 Å². The molecule has 5 rings (SSSR count). The molecule has 0 aliphatic carbocycles. The van der Waals surface area contributed by atoms with E-state index < -0.39 is 12.1 Å². The predicted octanol–water partition coefficient (Wildman–Crippen LogP) is 6.31. The van der Waals surface area contributed by atoms with Crippen molar-refractivity contribution in [2.24, 2.45) is 0 Å². The largest absolute Gasteiger partial charge is 0.481 e. The van der Waals surface area contributed by atoms with Crippen LogP contribution in [-0.2, 0) is 11.2 Å². The molecule has 2 amide bonds.